The van der Waals surface area contributed by atoms with Crippen LogP contribution in [0.3, 0.4) is 0 Å². The van der Waals surface area contributed by atoms with Crippen LogP contribution in [0.5, 0.6) is 0 Å². The first-order valence-electron chi connectivity index (χ1n) is 11.7. The van der Waals surface area contributed by atoms with Crippen LogP contribution in [0.15, 0.2) is 70.6 Å². The largest absolute Gasteiger partial charge is 0.418 e. The van der Waals surface area contributed by atoms with E-state index in [1.165, 1.54) is 29.2 Å². The van der Waals surface area contributed by atoms with E-state index in [9.17, 15) is 30.9 Å². The van der Waals surface area contributed by atoms with Gasteiger partial charge in [-0.05, 0) is 52.9 Å². The van der Waals surface area contributed by atoms with Crippen LogP contribution in [0.4, 0.5) is 30.2 Å². The van der Waals surface area contributed by atoms with E-state index in [0.717, 1.165) is 6.07 Å². The molecule has 1 heterocycles. The molecule has 0 atom stereocenters. The first-order valence-corrected chi connectivity index (χ1v) is 13.2. The topological polar surface area (TPSA) is 99.1 Å². The average Bonchev–Trinajstić information content (AvgIpc) is 2.99. The predicted molar refractivity (Wildman–Crippen MR) is 141 cm³/mol. The summed E-state index contributed by atoms with van der Waals surface area (Å²) in [7, 11) is -2.82. The Bertz CT molecular complexity index is 1530. The van der Waals surface area contributed by atoms with E-state index in [1.807, 2.05) is 13.8 Å². The maximum Gasteiger partial charge on any atom is 0.418 e. The van der Waals surface area contributed by atoms with Crippen LogP contribution in [0.2, 0.25) is 0 Å². The number of nitrogens with zero attached hydrogens (tertiary/aromatic N) is 2. The van der Waals surface area contributed by atoms with E-state index >= 15 is 0 Å². The molecule has 3 aromatic rings. The number of hydrogen-bond acceptors (Lipinski definition) is 5. The van der Waals surface area contributed by atoms with Gasteiger partial charge in [0, 0.05) is 13.6 Å². The SMILES string of the molecule is CC(C)CN(C)c1cc2c(cc1C(F)(F)F)NC(=O)CC(c1cccc(-c3cccc(S(=O)(=O)O)c3)c1)=N2. The van der Waals surface area contributed by atoms with Crippen molar-refractivity contribution in [1.29, 1.82) is 0 Å². The van der Waals surface area contributed by atoms with Gasteiger partial charge in [0.1, 0.15) is 0 Å². The van der Waals surface area contributed by atoms with Gasteiger partial charge in [-0.15, -0.1) is 0 Å². The summed E-state index contributed by atoms with van der Waals surface area (Å²) in [6.07, 6.45) is -4.81. The highest BCUT2D eigenvalue weighted by Crippen LogP contribution is 2.43. The van der Waals surface area contributed by atoms with Crippen LogP contribution in [-0.2, 0) is 21.1 Å². The minimum absolute atomic E-state index is 0.0315. The molecule has 0 radical (unpaired) electrons. The second kappa shape index (κ2) is 10.2. The lowest BCUT2D eigenvalue weighted by Gasteiger charge is -2.26. The summed E-state index contributed by atoms with van der Waals surface area (Å²) in [6.45, 7) is 4.19. The number of aliphatic imine (C=N–C) groups is 1. The molecule has 38 heavy (non-hydrogen) atoms. The minimum atomic E-state index is -4.63. The zero-order valence-electron chi connectivity index (χ0n) is 20.9. The molecule has 0 bridgehead atoms. The van der Waals surface area contributed by atoms with Crippen molar-refractivity contribution in [2.45, 2.75) is 31.3 Å². The summed E-state index contributed by atoms with van der Waals surface area (Å²) in [5.41, 5.74) is 1.25. The van der Waals surface area contributed by atoms with Crippen molar-refractivity contribution < 1.29 is 30.9 Å². The molecule has 11 heteroatoms. The third kappa shape index (κ3) is 6.05. The summed E-state index contributed by atoms with van der Waals surface area (Å²) < 4.78 is 74.3. The lowest BCUT2D eigenvalue weighted by atomic mass is 9.99. The van der Waals surface area contributed by atoms with Crippen LogP contribution in [0.1, 0.15) is 31.4 Å². The quantitative estimate of drug-likeness (QED) is 0.361. The number of anilines is 2. The molecule has 0 fully saturated rings. The molecule has 4 rings (SSSR count). The summed E-state index contributed by atoms with van der Waals surface area (Å²) >= 11 is 0. The number of amides is 1. The lowest BCUT2D eigenvalue weighted by Crippen LogP contribution is -2.25. The van der Waals surface area contributed by atoms with Crippen LogP contribution in [-0.4, -0.2) is 38.2 Å². The van der Waals surface area contributed by atoms with E-state index in [2.05, 4.69) is 10.3 Å². The van der Waals surface area contributed by atoms with E-state index in [0.29, 0.717) is 28.9 Å². The van der Waals surface area contributed by atoms with Crippen molar-refractivity contribution in [3.63, 3.8) is 0 Å². The van der Waals surface area contributed by atoms with Crippen molar-refractivity contribution in [3.05, 3.63) is 71.8 Å². The molecule has 1 aliphatic heterocycles. The number of benzene rings is 3. The number of nitrogens with one attached hydrogen (secondary N) is 1. The molecule has 0 spiro atoms. The summed E-state index contributed by atoms with van der Waals surface area (Å²) in [5.74, 6) is -0.404. The van der Waals surface area contributed by atoms with Crippen molar-refractivity contribution >= 4 is 38.8 Å². The third-order valence-corrected chi connectivity index (χ3v) is 6.84. The smallest absolute Gasteiger partial charge is 0.374 e. The number of rotatable bonds is 6. The van der Waals surface area contributed by atoms with Gasteiger partial charge >= 0.3 is 6.18 Å². The van der Waals surface area contributed by atoms with E-state index in [1.54, 1.807) is 37.4 Å². The number of carbonyl (C=O) groups is 1. The van der Waals surface area contributed by atoms with E-state index < -0.39 is 27.8 Å². The van der Waals surface area contributed by atoms with Gasteiger partial charge in [-0.2, -0.15) is 21.6 Å². The summed E-state index contributed by atoms with van der Waals surface area (Å²) in [6, 6.07) is 14.8. The second-order valence-electron chi connectivity index (χ2n) is 9.53. The standard InChI is InChI=1S/C27H26F3N3O4S/c1-16(2)15-33(3)25-13-24-23(12-21(25)27(28,29)30)32-26(34)14-22(31-24)19-8-4-6-17(10-19)18-7-5-9-20(11-18)38(35,36)37/h4-13,16H,14-15H2,1-3H3,(H,32,34)(H,35,36,37). The Morgan fingerprint density at radius 2 is 1.66 bits per heavy atom. The monoisotopic (exact) mass is 545 g/mol. The van der Waals surface area contributed by atoms with Gasteiger partial charge in [0.15, 0.2) is 0 Å². The zero-order chi connectivity index (χ0) is 27.8. The van der Waals surface area contributed by atoms with Crippen molar-refractivity contribution in [2.24, 2.45) is 10.9 Å². The number of fused-ring (bicyclic) bond motifs is 1. The Balaban J connectivity index is 1.82. The molecule has 200 valence electrons. The van der Waals surface area contributed by atoms with Gasteiger partial charge in [0.2, 0.25) is 5.91 Å². The normalized spacial score (nSPS) is 14.0. The maximum absolute atomic E-state index is 13.9. The van der Waals surface area contributed by atoms with Crippen LogP contribution in [0, 0.1) is 5.92 Å². The van der Waals surface area contributed by atoms with E-state index in [-0.39, 0.29) is 34.3 Å². The fourth-order valence-corrected chi connectivity index (χ4v) is 4.90. The zero-order valence-corrected chi connectivity index (χ0v) is 21.7. The van der Waals surface area contributed by atoms with Crippen molar-refractivity contribution in [2.75, 3.05) is 23.8 Å². The predicted octanol–water partition coefficient (Wildman–Crippen LogP) is 6.17. The Morgan fingerprint density at radius 1 is 1.03 bits per heavy atom. The average molecular weight is 546 g/mol. The number of carbonyl (C=O) groups excluding carboxylic acids is 1. The molecule has 7 nitrogen and oxygen atoms in total. The first-order chi connectivity index (χ1) is 17.7. The Kier molecular flexibility index (Phi) is 7.35. The minimum Gasteiger partial charge on any atom is -0.374 e. The maximum atomic E-state index is 13.9. The van der Waals surface area contributed by atoms with Gasteiger partial charge in [0.25, 0.3) is 10.1 Å². The summed E-state index contributed by atoms with van der Waals surface area (Å²) in [5, 5.41) is 2.55. The van der Waals surface area contributed by atoms with Gasteiger partial charge in [0.05, 0.1) is 39.7 Å². The first kappa shape index (κ1) is 27.3. The Hall–Kier alpha value is -3.70. The fourth-order valence-electron chi connectivity index (χ4n) is 4.37. The van der Waals surface area contributed by atoms with Gasteiger partial charge in [-0.3, -0.25) is 14.3 Å². The molecule has 2 N–H and O–H groups in total. The van der Waals surface area contributed by atoms with Crippen LogP contribution in [0.25, 0.3) is 11.1 Å². The molecule has 0 saturated heterocycles. The van der Waals surface area contributed by atoms with Crippen LogP contribution >= 0.6 is 0 Å². The number of alkyl halides is 3. The van der Waals surface area contributed by atoms with E-state index in [4.69, 9.17) is 0 Å². The molecular formula is C27H26F3N3O4S. The van der Waals surface area contributed by atoms with Crippen LogP contribution < -0.4 is 10.2 Å². The highest BCUT2D eigenvalue weighted by atomic mass is 32.2. The third-order valence-electron chi connectivity index (χ3n) is 5.99. The molecule has 0 aromatic heterocycles. The van der Waals surface area contributed by atoms with Crippen molar-refractivity contribution in [3.8, 4) is 11.1 Å². The molecular weight excluding hydrogens is 519 g/mol. The van der Waals surface area contributed by atoms with Gasteiger partial charge < -0.3 is 10.2 Å². The highest BCUT2D eigenvalue weighted by Gasteiger charge is 2.36. The molecule has 0 unspecified atom stereocenters. The summed E-state index contributed by atoms with van der Waals surface area (Å²) in [4.78, 5) is 18.5. The van der Waals surface area contributed by atoms with Crippen molar-refractivity contribution in [1.82, 2.24) is 0 Å². The van der Waals surface area contributed by atoms with Gasteiger partial charge in [-0.25, -0.2) is 0 Å². The molecule has 1 aliphatic rings. The fraction of sp³-hybridized carbons (Fsp3) is 0.259. The molecule has 1 amide bonds. The number of halogens is 3. The molecule has 3 aromatic carbocycles. The number of hydrogen-bond donors (Lipinski definition) is 2. The highest BCUT2D eigenvalue weighted by molar-refractivity contribution is 7.85. The molecule has 0 saturated carbocycles. The molecule has 0 aliphatic carbocycles. The Labute approximate surface area is 218 Å². The lowest BCUT2D eigenvalue weighted by molar-refractivity contribution is -0.137. The second-order valence-corrected chi connectivity index (χ2v) is 10.9. The Morgan fingerprint density at radius 3 is 2.29 bits per heavy atom. The van der Waals surface area contributed by atoms with Gasteiger partial charge in [-0.1, -0.05) is 44.2 Å².